The molecule has 0 aromatic carbocycles. The van der Waals surface area contributed by atoms with Gasteiger partial charge in [-0.1, -0.05) is 12.1 Å². The third-order valence-corrected chi connectivity index (χ3v) is 4.30. The van der Waals surface area contributed by atoms with Gasteiger partial charge in [0.15, 0.2) is 5.82 Å². The Morgan fingerprint density at radius 3 is 2.88 bits per heavy atom. The number of nitrogens with zero attached hydrogens (tertiary/aromatic N) is 4. The molecule has 1 amide bonds. The van der Waals surface area contributed by atoms with Crippen molar-refractivity contribution in [1.29, 1.82) is 0 Å². The van der Waals surface area contributed by atoms with E-state index in [0.29, 0.717) is 29.3 Å². The van der Waals surface area contributed by atoms with Crippen LogP contribution in [0.25, 0.3) is 0 Å². The molecule has 7 heteroatoms. The number of aryl methyl sites for hydroxylation is 2. The number of hydrogen-bond acceptors (Lipinski definition) is 6. The highest BCUT2D eigenvalue weighted by Crippen LogP contribution is 2.24. The fourth-order valence-electron chi connectivity index (χ4n) is 3.09. The molecule has 2 aromatic rings. The van der Waals surface area contributed by atoms with Crippen LogP contribution in [-0.2, 0) is 0 Å². The Labute approximate surface area is 141 Å². The molecule has 1 N–H and O–H groups in total. The van der Waals surface area contributed by atoms with Crippen LogP contribution in [0.3, 0.4) is 0 Å². The largest absolute Gasteiger partial charge is 0.360 e. The van der Waals surface area contributed by atoms with E-state index in [-0.39, 0.29) is 5.91 Å². The van der Waals surface area contributed by atoms with Crippen LogP contribution in [0, 0.1) is 13.8 Å². The van der Waals surface area contributed by atoms with E-state index in [4.69, 9.17) is 4.52 Å². The van der Waals surface area contributed by atoms with Gasteiger partial charge in [-0.15, -0.1) is 0 Å². The Bertz CT molecular complexity index is 728. The summed E-state index contributed by atoms with van der Waals surface area (Å²) in [6.45, 7) is 6.77. The van der Waals surface area contributed by atoms with Gasteiger partial charge in [-0.2, -0.15) is 0 Å². The van der Waals surface area contributed by atoms with E-state index in [2.05, 4.69) is 32.3 Å². The first-order chi connectivity index (χ1) is 11.6. The molecule has 2 aromatic heterocycles. The molecule has 0 radical (unpaired) electrons. The van der Waals surface area contributed by atoms with Crippen LogP contribution in [0.15, 0.2) is 16.7 Å². The number of anilines is 2. The van der Waals surface area contributed by atoms with E-state index in [1.807, 2.05) is 6.92 Å². The van der Waals surface area contributed by atoms with Crippen molar-refractivity contribution in [3.63, 3.8) is 0 Å². The van der Waals surface area contributed by atoms with E-state index in [1.54, 1.807) is 19.1 Å². The smallest absolute Gasteiger partial charge is 0.275 e. The standard InChI is InChI=1S/C17H23N5O2/c1-4-13-7-5-6-8-22(13)17-18-11(2)9-14(19-17)16(23)20-15-10-12(3)24-21-15/h9-10,13H,4-8H2,1-3H3,(H,20,21,23). The average Bonchev–Trinajstić information content (AvgIpc) is 2.99. The zero-order valence-corrected chi connectivity index (χ0v) is 14.4. The Morgan fingerprint density at radius 2 is 2.17 bits per heavy atom. The van der Waals surface area contributed by atoms with Gasteiger partial charge in [0.25, 0.3) is 5.91 Å². The fraction of sp³-hybridized carbons (Fsp3) is 0.529. The molecule has 128 valence electrons. The highest BCUT2D eigenvalue weighted by Gasteiger charge is 2.24. The van der Waals surface area contributed by atoms with Crippen molar-refractivity contribution in [2.45, 2.75) is 52.5 Å². The van der Waals surface area contributed by atoms with Crippen molar-refractivity contribution in [2.24, 2.45) is 0 Å². The van der Waals surface area contributed by atoms with Gasteiger partial charge >= 0.3 is 0 Å². The molecule has 0 aliphatic carbocycles. The summed E-state index contributed by atoms with van der Waals surface area (Å²) >= 11 is 0. The topological polar surface area (TPSA) is 84.2 Å². The molecule has 1 saturated heterocycles. The Balaban J connectivity index is 1.84. The number of amides is 1. The molecule has 0 saturated carbocycles. The van der Waals surface area contributed by atoms with Gasteiger partial charge in [0.05, 0.1) is 0 Å². The normalized spacial score (nSPS) is 17.8. The van der Waals surface area contributed by atoms with E-state index < -0.39 is 0 Å². The number of nitrogens with one attached hydrogen (secondary N) is 1. The molecule has 0 spiro atoms. The third-order valence-electron chi connectivity index (χ3n) is 4.30. The van der Waals surface area contributed by atoms with Crippen molar-refractivity contribution >= 4 is 17.7 Å². The molecule has 0 bridgehead atoms. The van der Waals surface area contributed by atoms with Gasteiger partial charge < -0.3 is 14.7 Å². The monoisotopic (exact) mass is 329 g/mol. The second-order valence-corrected chi connectivity index (χ2v) is 6.22. The molecule has 7 nitrogen and oxygen atoms in total. The maximum Gasteiger partial charge on any atom is 0.275 e. The Morgan fingerprint density at radius 1 is 1.33 bits per heavy atom. The van der Waals surface area contributed by atoms with Crippen LogP contribution < -0.4 is 10.2 Å². The molecule has 3 rings (SSSR count). The summed E-state index contributed by atoms with van der Waals surface area (Å²) in [6, 6.07) is 3.80. The third kappa shape index (κ3) is 3.55. The van der Waals surface area contributed by atoms with Crippen molar-refractivity contribution in [3.8, 4) is 0 Å². The first-order valence-electron chi connectivity index (χ1n) is 8.44. The van der Waals surface area contributed by atoms with Crippen molar-refractivity contribution in [3.05, 3.63) is 29.3 Å². The Kier molecular flexibility index (Phi) is 4.78. The van der Waals surface area contributed by atoms with Gasteiger partial charge in [0.1, 0.15) is 11.5 Å². The number of carbonyl (C=O) groups excluding carboxylic acids is 1. The molecule has 1 unspecified atom stereocenters. The lowest BCUT2D eigenvalue weighted by molar-refractivity contribution is 0.102. The SMILES string of the molecule is CCC1CCCCN1c1nc(C)cc(C(=O)Nc2cc(C)on2)n1. The van der Waals surface area contributed by atoms with Crippen molar-refractivity contribution < 1.29 is 9.32 Å². The van der Waals surface area contributed by atoms with E-state index in [9.17, 15) is 4.79 Å². The van der Waals surface area contributed by atoms with Gasteiger partial charge in [-0.3, -0.25) is 4.79 Å². The quantitative estimate of drug-likeness (QED) is 0.928. The number of piperidine rings is 1. The summed E-state index contributed by atoms with van der Waals surface area (Å²) < 4.78 is 4.97. The molecule has 1 aliphatic rings. The number of rotatable bonds is 4. The van der Waals surface area contributed by atoms with Crippen molar-refractivity contribution in [2.75, 3.05) is 16.8 Å². The van der Waals surface area contributed by atoms with E-state index >= 15 is 0 Å². The average molecular weight is 329 g/mol. The summed E-state index contributed by atoms with van der Waals surface area (Å²) in [7, 11) is 0. The summed E-state index contributed by atoms with van der Waals surface area (Å²) in [5, 5.41) is 6.49. The summed E-state index contributed by atoms with van der Waals surface area (Å²) in [4.78, 5) is 23.7. The second kappa shape index (κ2) is 6.98. The highest BCUT2D eigenvalue weighted by molar-refractivity contribution is 6.02. The number of hydrogen-bond donors (Lipinski definition) is 1. The van der Waals surface area contributed by atoms with Crippen LogP contribution in [0.5, 0.6) is 0 Å². The van der Waals surface area contributed by atoms with Gasteiger partial charge in [-0.05, 0) is 45.6 Å². The lowest BCUT2D eigenvalue weighted by atomic mass is 10.0. The zero-order chi connectivity index (χ0) is 17.1. The van der Waals surface area contributed by atoms with Crippen LogP contribution in [0.2, 0.25) is 0 Å². The molecule has 24 heavy (non-hydrogen) atoms. The highest BCUT2D eigenvalue weighted by atomic mass is 16.5. The van der Waals surface area contributed by atoms with Crippen LogP contribution in [0.1, 0.15) is 54.5 Å². The van der Waals surface area contributed by atoms with Crippen LogP contribution in [0.4, 0.5) is 11.8 Å². The minimum atomic E-state index is -0.305. The van der Waals surface area contributed by atoms with Crippen LogP contribution >= 0.6 is 0 Å². The van der Waals surface area contributed by atoms with Gasteiger partial charge in [0.2, 0.25) is 5.95 Å². The maximum atomic E-state index is 12.5. The molecular weight excluding hydrogens is 306 g/mol. The van der Waals surface area contributed by atoms with Gasteiger partial charge in [-0.25, -0.2) is 9.97 Å². The summed E-state index contributed by atoms with van der Waals surface area (Å²) in [5.74, 6) is 1.37. The van der Waals surface area contributed by atoms with Crippen molar-refractivity contribution in [1.82, 2.24) is 15.1 Å². The number of carbonyl (C=O) groups is 1. The fourth-order valence-corrected chi connectivity index (χ4v) is 3.09. The summed E-state index contributed by atoms with van der Waals surface area (Å²) in [6.07, 6.45) is 4.57. The molecule has 1 aliphatic heterocycles. The molecule has 1 atom stereocenters. The molecule has 3 heterocycles. The number of aromatic nitrogens is 3. The predicted molar refractivity (Wildman–Crippen MR) is 91.2 cm³/mol. The van der Waals surface area contributed by atoms with E-state index in [1.165, 1.54) is 6.42 Å². The lowest BCUT2D eigenvalue weighted by Crippen LogP contribution is -2.40. The minimum absolute atomic E-state index is 0.305. The zero-order valence-electron chi connectivity index (χ0n) is 14.4. The first-order valence-corrected chi connectivity index (χ1v) is 8.44. The Hall–Kier alpha value is -2.44. The summed E-state index contributed by atoms with van der Waals surface area (Å²) in [5.41, 5.74) is 1.13. The second-order valence-electron chi connectivity index (χ2n) is 6.22. The minimum Gasteiger partial charge on any atom is -0.360 e. The first kappa shape index (κ1) is 16.4. The van der Waals surface area contributed by atoms with Gasteiger partial charge in [0, 0.05) is 24.3 Å². The molecule has 1 fully saturated rings. The molecular formula is C17H23N5O2. The lowest BCUT2D eigenvalue weighted by Gasteiger charge is -2.35. The predicted octanol–water partition coefficient (Wildman–Crippen LogP) is 3.10. The maximum absolute atomic E-state index is 12.5. The van der Waals surface area contributed by atoms with E-state index in [0.717, 1.165) is 31.5 Å². The van der Waals surface area contributed by atoms with Crippen LogP contribution in [-0.4, -0.2) is 33.6 Å².